The average Bonchev–Trinajstić information content (AvgIpc) is 2.86. The van der Waals surface area contributed by atoms with Gasteiger partial charge in [0.2, 0.25) is 0 Å². The second kappa shape index (κ2) is 9.05. The van der Waals surface area contributed by atoms with E-state index in [-0.39, 0.29) is 10.2 Å². The number of allylic oxidation sites excluding steroid dienone is 4. The van der Waals surface area contributed by atoms with Gasteiger partial charge >= 0.3 is 0 Å². The Morgan fingerprint density at radius 1 is 0.625 bits per heavy atom. The predicted octanol–water partition coefficient (Wildman–Crippen LogP) is 9.14. The fourth-order valence-corrected chi connectivity index (χ4v) is 5.22. The van der Waals surface area contributed by atoms with Gasteiger partial charge in [0.15, 0.2) is 0 Å². The Kier molecular flexibility index (Phi) is 5.99. The fourth-order valence-electron chi connectivity index (χ4n) is 4.31. The molecule has 1 aliphatic rings. The van der Waals surface area contributed by atoms with Gasteiger partial charge in [0, 0.05) is 10.4 Å². The Bertz CT molecular complexity index is 1270. The van der Waals surface area contributed by atoms with E-state index in [1.165, 1.54) is 33.4 Å². The molecular formula is C30H22Br2. The molecule has 0 fully saturated rings. The minimum absolute atomic E-state index is 0.202. The van der Waals surface area contributed by atoms with Crippen molar-refractivity contribution in [3.63, 3.8) is 0 Å². The van der Waals surface area contributed by atoms with Crippen LogP contribution in [0.5, 0.6) is 0 Å². The lowest BCUT2D eigenvalue weighted by Gasteiger charge is -2.31. The number of benzene rings is 4. The van der Waals surface area contributed by atoms with E-state index in [0.29, 0.717) is 0 Å². The molecule has 0 saturated carbocycles. The number of hydrogen-bond acceptors (Lipinski definition) is 0. The van der Waals surface area contributed by atoms with E-state index in [9.17, 15) is 0 Å². The van der Waals surface area contributed by atoms with Gasteiger partial charge in [-0.25, -0.2) is 0 Å². The van der Waals surface area contributed by atoms with E-state index >= 15 is 0 Å². The summed E-state index contributed by atoms with van der Waals surface area (Å²) in [6.07, 6.45) is 6.99. The van der Waals surface area contributed by atoms with Gasteiger partial charge in [-0.2, -0.15) is 0 Å². The Morgan fingerprint density at radius 3 is 1.94 bits per heavy atom. The molecule has 156 valence electrons. The molecule has 1 aliphatic carbocycles. The van der Waals surface area contributed by atoms with E-state index in [2.05, 4.69) is 159 Å². The Labute approximate surface area is 206 Å². The third-order valence-electron chi connectivity index (χ3n) is 5.98. The molecule has 0 heterocycles. The van der Waals surface area contributed by atoms with Crippen molar-refractivity contribution in [1.29, 1.82) is 0 Å². The highest BCUT2D eigenvalue weighted by Crippen LogP contribution is 2.47. The SMILES string of the molecule is Brc1ccc(C2C=CC(Br)(c3cccc(-c4ccccc4)c3)C=C2c2ccccc2)cc1. The summed E-state index contributed by atoms with van der Waals surface area (Å²) in [5, 5.41) is 0. The first-order valence-corrected chi connectivity index (χ1v) is 12.3. The van der Waals surface area contributed by atoms with Crippen molar-refractivity contribution in [3.8, 4) is 11.1 Å². The molecule has 0 bridgehead atoms. The molecule has 0 aromatic heterocycles. The quantitative estimate of drug-likeness (QED) is 0.178. The summed E-state index contributed by atoms with van der Waals surface area (Å²) < 4.78 is 0.730. The van der Waals surface area contributed by atoms with Crippen LogP contribution in [0.15, 0.2) is 132 Å². The van der Waals surface area contributed by atoms with Crippen LogP contribution in [0.1, 0.15) is 22.6 Å². The summed E-state index contributed by atoms with van der Waals surface area (Å²) in [7, 11) is 0. The predicted molar refractivity (Wildman–Crippen MR) is 143 cm³/mol. The largest absolute Gasteiger partial charge is 0.0873 e. The van der Waals surface area contributed by atoms with Gasteiger partial charge in [0.05, 0.1) is 4.32 Å². The fraction of sp³-hybridized carbons (Fsp3) is 0.0667. The van der Waals surface area contributed by atoms with Crippen molar-refractivity contribution in [2.45, 2.75) is 10.2 Å². The monoisotopic (exact) mass is 540 g/mol. The molecular weight excluding hydrogens is 520 g/mol. The van der Waals surface area contributed by atoms with Crippen LogP contribution in [0.25, 0.3) is 16.7 Å². The molecule has 0 amide bonds. The minimum Gasteiger partial charge on any atom is -0.0746 e. The van der Waals surface area contributed by atoms with Crippen molar-refractivity contribution in [2.24, 2.45) is 0 Å². The van der Waals surface area contributed by atoms with Gasteiger partial charge < -0.3 is 0 Å². The van der Waals surface area contributed by atoms with Crippen LogP contribution in [0, 0.1) is 0 Å². The second-order valence-corrected chi connectivity index (χ2v) is 10.3. The topological polar surface area (TPSA) is 0 Å². The first-order valence-electron chi connectivity index (χ1n) is 10.7. The number of halogens is 2. The lowest BCUT2D eigenvalue weighted by molar-refractivity contribution is 0.943. The Hall–Kier alpha value is -2.68. The third kappa shape index (κ3) is 4.30. The lowest BCUT2D eigenvalue weighted by atomic mass is 9.78. The highest BCUT2D eigenvalue weighted by atomic mass is 79.9. The van der Waals surface area contributed by atoms with Gasteiger partial charge in [0.25, 0.3) is 0 Å². The maximum absolute atomic E-state index is 4.09. The molecule has 0 spiro atoms. The maximum atomic E-state index is 4.09. The van der Waals surface area contributed by atoms with Crippen molar-refractivity contribution in [2.75, 3.05) is 0 Å². The van der Waals surface area contributed by atoms with Crippen molar-refractivity contribution in [1.82, 2.24) is 0 Å². The van der Waals surface area contributed by atoms with Crippen LogP contribution >= 0.6 is 31.9 Å². The molecule has 0 nitrogen and oxygen atoms in total. The van der Waals surface area contributed by atoms with Crippen LogP contribution < -0.4 is 0 Å². The van der Waals surface area contributed by atoms with Crippen LogP contribution in [0.2, 0.25) is 0 Å². The molecule has 2 unspecified atom stereocenters. The second-order valence-electron chi connectivity index (χ2n) is 8.07. The summed E-state index contributed by atoms with van der Waals surface area (Å²) in [6.45, 7) is 0. The zero-order chi connectivity index (χ0) is 22.0. The maximum Gasteiger partial charge on any atom is 0.0873 e. The molecule has 4 aromatic carbocycles. The van der Waals surface area contributed by atoms with Crippen molar-refractivity contribution in [3.05, 3.63) is 149 Å². The molecule has 0 saturated heterocycles. The molecule has 5 rings (SSSR count). The van der Waals surface area contributed by atoms with E-state index < -0.39 is 0 Å². The van der Waals surface area contributed by atoms with E-state index in [1.807, 2.05) is 0 Å². The molecule has 2 heteroatoms. The van der Waals surface area contributed by atoms with Crippen LogP contribution in [-0.2, 0) is 4.32 Å². The van der Waals surface area contributed by atoms with Gasteiger partial charge in [0.1, 0.15) is 0 Å². The summed E-state index contributed by atoms with van der Waals surface area (Å²) in [5.74, 6) is 0.202. The molecule has 32 heavy (non-hydrogen) atoms. The average molecular weight is 542 g/mol. The van der Waals surface area contributed by atoms with Gasteiger partial charge in [-0.05, 0) is 51.6 Å². The normalized spacial score (nSPS) is 20.1. The van der Waals surface area contributed by atoms with Crippen LogP contribution in [-0.4, -0.2) is 0 Å². The van der Waals surface area contributed by atoms with E-state index in [4.69, 9.17) is 0 Å². The molecule has 2 atom stereocenters. The first kappa shape index (κ1) is 21.2. The molecule has 0 N–H and O–H groups in total. The zero-order valence-corrected chi connectivity index (χ0v) is 20.6. The van der Waals surface area contributed by atoms with Crippen molar-refractivity contribution < 1.29 is 0 Å². The highest BCUT2D eigenvalue weighted by molar-refractivity contribution is 9.10. The van der Waals surface area contributed by atoms with Crippen molar-refractivity contribution >= 4 is 37.4 Å². The van der Waals surface area contributed by atoms with E-state index in [1.54, 1.807) is 0 Å². The first-order chi connectivity index (χ1) is 15.6. The van der Waals surface area contributed by atoms with Gasteiger partial charge in [-0.1, -0.05) is 141 Å². The third-order valence-corrected chi connectivity index (χ3v) is 7.46. The summed E-state index contributed by atoms with van der Waals surface area (Å²) in [5.41, 5.74) is 7.50. The molecule has 0 radical (unpaired) electrons. The standard InChI is InChI=1S/C30H22Br2/c31-27-16-14-24(15-17-27)28-18-19-30(32,21-29(28)23-10-5-2-6-11-23)26-13-7-12-25(20-26)22-8-3-1-4-9-22/h1-21,28H. The number of alkyl halides is 1. The Morgan fingerprint density at radius 2 is 1.25 bits per heavy atom. The Balaban J connectivity index is 1.60. The van der Waals surface area contributed by atoms with Gasteiger partial charge in [-0.15, -0.1) is 0 Å². The summed E-state index contributed by atoms with van der Waals surface area (Å²) >= 11 is 7.65. The minimum atomic E-state index is -0.366. The molecule has 4 aromatic rings. The van der Waals surface area contributed by atoms with Crippen LogP contribution in [0.3, 0.4) is 0 Å². The lowest BCUT2D eigenvalue weighted by Crippen LogP contribution is -2.18. The molecule has 0 aliphatic heterocycles. The summed E-state index contributed by atoms with van der Waals surface area (Å²) in [6, 6.07) is 38.7. The zero-order valence-electron chi connectivity index (χ0n) is 17.5. The number of rotatable bonds is 4. The smallest absolute Gasteiger partial charge is 0.0746 e. The number of hydrogen-bond donors (Lipinski definition) is 0. The van der Waals surface area contributed by atoms with E-state index in [0.717, 1.165) is 4.47 Å². The van der Waals surface area contributed by atoms with Gasteiger partial charge in [-0.3, -0.25) is 0 Å². The van der Waals surface area contributed by atoms with Crippen LogP contribution in [0.4, 0.5) is 0 Å². The highest BCUT2D eigenvalue weighted by Gasteiger charge is 2.31. The summed E-state index contributed by atoms with van der Waals surface area (Å²) in [4.78, 5) is 0.